The Bertz CT molecular complexity index is 978. The summed E-state index contributed by atoms with van der Waals surface area (Å²) in [6.07, 6.45) is 2.59. The lowest BCUT2D eigenvalue weighted by Crippen LogP contribution is -2.00. The van der Waals surface area contributed by atoms with E-state index in [4.69, 9.17) is 4.42 Å². The standard InChI is InChI=1S/C18H14N4O5/c1-26-18(23)13-4-2-12(3-5-13)16-8-7-15(27-16)11-20-21-17-9-6-14(10-19-17)22(24)25/h2-11H,1H3,(H,19,21)/b20-11+. The molecule has 136 valence electrons. The Morgan fingerprint density at radius 3 is 2.63 bits per heavy atom. The summed E-state index contributed by atoms with van der Waals surface area (Å²) in [6, 6.07) is 13.1. The van der Waals surface area contributed by atoms with Crippen molar-refractivity contribution >= 4 is 23.7 Å². The van der Waals surface area contributed by atoms with E-state index in [2.05, 4.69) is 20.2 Å². The Kier molecular flexibility index (Phi) is 5.22. The summed E-state index contributed by atoms with van der Waals surface area (Å²) in [5, 5.41) is 14.6. The Morgan fingerprint density at radius 1 is 1.22 bits per heavy atom. The number of nitrogens with zero attached hydrogens (tertiary/aromatic N) is 3. The van der Waals surface area contributed by atoms with Crippen LogP contribution in [0.3, 0.4) is 0 Å². The first-order valence-electron chi connectivity index (χ1n) is 7.75. The first-order chi connectivity index (χ1) is 13.1. The molecule has 1 aromatic carbocycles. The number of hydrogen-bond acceptors (Lipinski definition) is 8. The molecule has 0 unspecified atom stereocenters. The second-order valence-electron chi connectivity index (χ2n) is 5.30. The van der Waals surface area contributed by atoms with Crippen LogP contribution in [-0.2, 0) is 4.74 Å². The number of hydrazone groups is 1. The summed E-state index contributed by atoms with van der Waals surface area (Å²) in [5.74, 6) is 1.07. The molecule has 0 atom stereocenters. The molecule has 0 aliphatic carbocycles. The highest BCUT2D eigenvalue weighted by Crippen LogP contribution is 2.22. The number of esters is 1. The molecule has 0 bridgehead atoms. The zero-order valence-corrected chi connectivity index (χ0v) is 14.2. The van der Waals surface area contributed by atoms with E-state index in [1.54, 1.807) is 36.4 Å². The number of anilines is 1. The highest BCUT2D eigenvalue weighted by Gasteiger charge is 2.08. The average Bonchev–Trinajstić information content (AvgIpc) is 3.17. The molecule has 0 amide bonds. The van der Waals surface area contributed by atoms with Crippen LogP contribution in [-0.4, -0.2) is 29.2 Å². The van der Waals surface area contributed by atoms with Crippen LogP contribution >= 0.6 is 0 Å². The van der Waals surface area contributed by atoms with Gasteiger partial charge in [-0.3, -0.25) is 15.5 Å². The predicted molar refractivity (Wildman–Crippen MR) is 97.6 cm³/mol. The molecular formula is C18H14N4O5. The van der Waals surface area contributed by atoms with Gasteiger partial charge < -0.3 is 9.15 Å². The number of nitro groups is 1. The van der Waals surface area contributed by atoms with E-state index >= 15 is 0 Å². The van der Waals surface area contributed by atoms with Gasteiger partial charge in [0, 0.05) is 11.6 Å². The van der Waals surface area contributed by atoms with Gasteiger partial charge in [0.1, 0.15) is 23.5 Å². The van der Waals surface area contributed by atoms with Crippen LogP contribution in [0.25, 0.3) is 11.3 Å². The SMILES string of the molecule is COC(=O)c1ccc(-c2ccc(/C=N/Nc3ccc([N+](=O)[O-])cn3)o2)cc1. The number of aromatic nitrogens is 1. The van der Waals surface area contributed by atoms with Crippen molar-refractivity contribution < 1.29 is 18.9 Å². The summed E-state index contributed by atoms with van der Waals surface area (Å²) in [4.78, 5) is 25.4. The number of methoxy groups -OCH3 is 1. The number of nitrogens with one attached hydrogen (secondary N) is 1. The van der Waals surface area contributed by atoms with Crippen molar-refractivity contribution in [3.8, 4) is 11.3 Å². The molecule has 27 heavy (non-hydrogen) atoms. The number of carbonyl (C=O) groups is 1. The summed E-state index contributed by atoms with van der Waals surface area (Å²) in [7, 11) is 1.33. The van der Waals surface area contributed by atoms with Crippen LogP contribution in [0, 0.1) is 10.1 Å². The molecule has 1 N–H and O–H groups in total. The Morgan fingerprint density at radius 2 is 2.00 bits per heavy atom. The lowest BCUT2D eigenvalue weighted by atomic mass is 10.1. The molecule has 3 aromatic rings. The summed E-state index contributed by atoms with van der Waals surface area (Å²) < 4.78 is 10.3. The normalized spacial score (nSPS) is 10.7. The fourth-order valence-electron chi connectivity index (χ4n) is 2.19. The molecule has 9 nitrogen and oxygen atoms in total. The monoisotopic (exact) mass is 366 g/mol. The number of benzene rings is 1. The molecule has 0 spiro atoms. The van der Waals surface area contributed by atoms with Gasteiger partial charge in [0.2, 0.25) is 0 Å². The van der Waals surface area contributed by atoms with Crippen LogP contribution in [0.4, 0.5) is 11.5 Å². The third-order valence-electron chi connectivity index (χ3n) is 3.55. The quantitative estimate of drug-likeness (QED) is 0.307. The van der Waals surface area contributed by atoms with Crippen LogP contribution in [0.5, 0.6) is 0 Å². The van der Waals surface area contributed by atoms with Crippen LogP contribution in [0.1, 0.15) is 16.1 Å². The van der Waals surface area contributed by atoms with Gasteiger partial charge in [-0.15, -0.1) is 0 Å². The second kappa shape index (κ2) is 7.91. The van der Waals surface area contributed by atoms with Gasteiger partial charge in [0.05, 0.1) is 23.8 Å². The lowest BCUT2D eigenvalue weighted by molar-refractivity contribution is -0.385. The topological polar surface area (TPSA) is 120 Å². The maximum atomic E-state index is 11.4. The predicted octanol–water partition coefficient (Wildman–Crippen LogP) is 3.48. The van der Waals surface area contributed by atoms with Gasteiger partial charge in [-0.2, -0.15) is 5.10 Å². The first-order valence-corrected chi connectivity index (χ1v) is 7.75. The van der Waals surface area contributed by atoms with Crippen LogP contribution in [0.15, 0.2) is 64.2 Å². The van der Waals surface area contributed by atoms with Crippen LogP contribution in [0.2, 0.25) is 0 Å². The molecule has 0 aliphatic rings. The van der Waals surface area contributed by atoms with E-state index < -0.39 is 10.9 Å². The number of furan rings is 1. The van der Waals surface area contributed by atoms with E-state index in [9.17, 15) is 14.9 Å². The minimum atomic E-state index is -0.526. The highest BCUT2D eigenvalue weighted by molar-refractivity contribution is 5.89. The van der Waals surface area contributed by atoms with Crippen molar-refractivity contribution in [2.24, 2.45) is 5.10 Å². The molecule has 0 saturated heterocycles. The third-order valence-corrected chi connectivity index (χ3v) is 3.55. The van der Waals surface area contributed by atoms with E-state index in [1.807, 2.05) is 0 Å². The molecular weight excluding hydrogens is 352 g/mol. The Hall–Kier alpha value is -4.01. The van der Waals surface area contributed by atoms with Crippen molar-refractivity contribution in [1.29, 1.82) is 0 Å². The third kappa shape index (κ3) is 4.34. The zero-order chi connectivity index (χ0) is 19.2. The smallest absolute Gasteiger partial charge is 0.337 e. The summed E-state index contributed by atoms with van der Waals surface area (Å²) in [5.41, 5.74) is 3.81. The number of ether oxygens (including phenoxy) is 1. The van der Waals surface area contributed by atoms with Crippen molar-refractivity contribution in [3.63, 3.8) is 0 Å². The lowest BCUT2D eigenvalue weighted by Gasteiger charge is -2.00. The fraction of sp³-hybridized carbons (Fsp3) is 0.0556. The Balaban J connectivity index is 1.64. The number of hydrogen-bond donors (Lipinski definition) is 1. The van der Waals surface area contributed by atoms with E-state index in [1.165, 1.54) is 25.5 Å². The van der Waals surface area contributed by atoms with E-state index in [-0.39, 0.29) is 5.69 Å². The fourth-order valence-corrected chi connectivity index (χ4v) is 2.19. The molecule has 2 aromatic heterocycles. The van der Waals surface area contributed by atoms with Crippen LogP contribution < -0.4 is 5.43 Å². The summed E-state index contributed by atoms with van der Waals surface area (Å²) in [6.45, 7) is 0. The van der Waals surface area contributed by atoms with Gasteiger partial charge in [-0.1, -0.05) is 12.1 Å². The number of pyridine rings is 1. The Labute approximate surface area is 153 Å². The van der Waals surface area contributed by atoms with Gasteiger partial charge in [-0.05, 0) is 30.3 Å². The molecule has 0 aliphatic heterocycles. The second-order valence-corrected chi connectivity index (χ2v) is 5.30. The largest absolute Gasteiger partial charge is 0.465 e. The van der Waals surface area contributed by atoms with Crippen molar-refractivity contribution in [1.82, 2.24) is 4.98 Å². The van der Waals surface area contributed by atoms with Crippen molar-refractivity contribution in [2.75, 3.05) is 12.5 Å². The summed E-state index contributed by atoms with van der Waals surface area (Å²) >= 11 is 0. The van der Waals surface area contributed by atoms with Gasteiger partial charge >= 0.3 is 5.97 Å². The minimum Gasteiger partial charge on any atom is -0.465 e. The number of carbonyl (C=O) groups excluding carboxylic acids is 1. The zero-order valence-electron chi connectivity index (χ0n) is 14.2. The average molecular weight is 366 g/mol. The highest BCUT2D eigenvalue weighted by atomic mass is 16.6. The molecule has 0 radical (unpaired) electrons. The maximum absolute atomic E-state index is 11.4. The maximum Gasteiger partial charge on any atom is 0.337 e. The van der Waals surface area contributed by atoms with E-state index in [0.717, 1.165) is 11.8 Å². The molecule has 2 heterocycles. The molecule has 0 saturated carbocycles. The first kappa shape index (κ1) is 17.8. The van der Waals surface area contributed by atoms with Crippen molar-refractivity contribution in [2.45, 2.75) is 0 Å². The van der Waals surface area contributed by atoms with Gasteiger partial charge in [0.25, 0.3) is 5.69 Å². The van der Waals surface area contributed by atoms with Gasteiger partial charge in [0.15, 0.2) is 0 Å². The molecule has 3 rings (SSSR count). The molecule has 9 heteroatoms. The van der Waals surface area contributed by atoms with E-state index in [0.29, 0.717) is 22.9 Å². The van der Waals surface area contributed by atoms with Gasteiger partial charge in [-0.25, -0.2) is 9.78 Å². The minimum absolute atomic E-state index is 0.0987. The number of rotatable bonds is 6. The molecule has 0 fully saturated rings. The van der Waals surface area contributed by atoms with Crippen molar-refractivity contribution in [3.05, 3.63) is 76.2 Å².